The molecule has 3 heteroatoms. The fourth-order valence-electron chi connectivity index (χ4n) is 1.54. The van der Waals surface area contributed by atoms with Crippen molar-refractivity contribution < 1.29 is 13.6 Å². The molecule has 90 valence electrons. The molecule has 0 unspecified atom stereocenters. The first kappa shape index (κ1) is 13.3. The molecule has 0 aromatic heterocycles. The Morgan fingerprint density at radius 3 is 2.35 bits per heavy atom. The zero-order valence-corrected chi connectivity index (χ0v) is 10.1. The lowest BCUT2D eigenvalue weighted by atomic mass is 9.95. The minimum atomic E-state index is -0.944. The van der Waals surface area contributed by atoms with Gasteiger partial charge >= 0.3 is 0 Å². The van der Waals surface area contributed by atoms with Crippen LogP contribution in [0.5, 0.6) is 0 Å². The number of carbonyl (C=O) groups is 1. The molecule has 0 aliphatic rings. The summed E-state index contributed by atoms with van der Waals surface area (Å²) in [4.78, 5) is 11.2. The van der Waals surface area contributed by atoms with Gasteiger partial charge in [-0.05, 0) is 31.9 Å². The van der Waals surface area contributed by atoms with E-state index in [4.69, 9.17) is 0 Å². The van der Waals surface area contributed by atoms with Crippen molar-refractivity contribution in [3.8, 4) is 0 Å². The van der Waals surface area contributed by atoms with Gasteiger partial charge in [-0.1, -0.05) is 24.8 Å². The largest absolute Gasteiger partial charge is 0.295 e. The molecule has 0 saturated heterocycles. The van der Waals surface area contributed by atoms with Crippen LogP contribution >= 0.6 is 0 Å². The van der Waals surface area contributed by atoms with E-state index < -0.39 is 11.6 Å². The Morgan fingerprint density at radius 1 is 1.29 bits per heavy atom. The van der Waals surface area contributed by atoms with Crippen LogP contribution in [-0.2, 0) is 4.79 Å². The summed E-state index contributed by atoms with van der Waals surface area (Å²) in [5, 5.41) is 0. The molecule has 1 aromatic rings. The first-order valence-electron chi connectivity index (χ1n) is 5.21. The standard InChI is InChI=1S/C14H14F2O/c1-5-11(9(3)10(4)17)12-7-6-8(2)13(15)14(12)16/h5-7H,3H2,1-2,4H3. The van der Waals surface area contributed by atoms with Crippen molar-refractivity contribution in [3.63, 3.8) is 0 Å². The molecule has 0 aliphatic heterocycles. The molecule has 17 heavy (non-hydrogen) atoms. The summed E-state index contributed by atoms with van der Waals surface area (Å²) in [5.41, 5.74) is 0.800. The van der Waals surface area contributed by atoms with Crippen molar-refractivity contribution in [3.05, 3.63) is 53.1 Å². The highest BCUT2D eigenvalue weighted by atomic mass is 19.2. The highest BCUT2D eigenvalue weighted by Crippen LogP contribution is 2.27. The summed E-state index contributed by atoms with van der Waals surface area (Å²) in [6, 6.07) is 2.93. The number of carbonyl (C=O) groups excluding carboxylic acids is 1. The van der Waals surface area contributed by atoms with Gasteiger partial charge in [0.1, 0.15) is 0 Å². The van der Waals surface area contributed by atoms with E-state index in [1.54, 1.807) is 13.0 Å². The van der Waals surface area contributed by atoms with E-state index in [1.165, 1.54) is 26.0 Å². The molecule has 0 bridgehead atoms. The number of hydrogen-bond donors (Lipinski definition) is 0. The van der Waals surface area contributed by atoms with E-state index in [1.807, 2.05) is 0 Å². The summed E-state index contributed by atoms with van der Waals surface area (Å²) in [7, 11) is 0. The van der Waals surface area contributed by atoms with E-state index in [0.717, 1.165) is 0 Å². The van der Waals surface area contributed by atoms with E-state index in [9.17, 15) is 13.6 Å². The molecule has 0 spiro atoms. The first-order valence-corrected chi connectivity index (χ1v) is 5.21. The average molecular weight is 236 g/mol. The van der Waals surface area contributed by atoms with Gasteiger partial charge in [-0.15, -0.1) is 0 Å². The van der Waals surface area contributed by atoms with Crippen LogP contribution in [0, 0.1) is 18.6 Å². The van der Waals surface area contributed by atoms with Crippen molar-refractivity contribution in [2.75, 3.05) is 0 Å². The molecule has 1 rings (SSSR count). The van der Waals surface area contributed by atoms with Gasteiger partial charge in [-0.25, -0.2) is 8.78 Å². The topological polar surface area (TPSA) is 17.1 Å². The molecule has 1 aromatic carbocycles. The lowest BCUT2D eigenvalue weighted by molar-refractivity contribution is -0.113. The summed E-state index contributed by atoms with van der Waals surface area (Å²) in [6.07, 6.45) is 1.55. The van der Waals surface area contributed by atoms with Crippen LogP contribution < -0.4 is 0 Å². The van der Waals surface area contributed by atoms with Gasteiger partial charge in [0.05, 0.1) is 0 Å². The quantitative estimate of drug-likeness (QED) is 0.576. The lowest BCUT2D eigenvalue weighted by Gasteiger charge is -2.10. The molecule has 0 N–H and O–H groups in total. The normalized spacial score (nSPS) is 11.5. The Morgan fingerprint density at radius 2 is 1.88 bits per heavy atom. The Bertz CT molecular complexity index is 513. The van der Waals surface area contributed by atoms with Crippen LogP contribution in [-0.4, -0.2) is 5.78 Å². The van der Waals surface area contributed by atoms with Crippen LogP contribution in [0.25, 0.3) is 5.57 Å². The molecular formula is C14H14F2O. The van der Waals surface area contributed by atoms with Gasteiger partial charge in [0.15, 0.2) is 17.4 Å². The van der Waals surface area contributed by atoms with Crippen molar-refractivity contribution in [1.82, 2.24) is 0 Å². The third kappa shape index (κ3) is 2.49. The lowest BCUT2D eigenvalue weighted by Crippen LogP contribution is -2.02. The van der Waals surface area contributed by atoms with Crippen LogP contribution in [0.15, 0.2) is 30.4 Å². The number of rotatable bonds is 3. The molecule has 0 heterocycles. The van der Waals surface area contributed by atoms with E-state index >= 15 is 0 Å². The van der Waals surface area contributed by atoms with Crippen LogP contribution in [0.2, 0.25) is 0 Å². The Balaban J connectivity index is 3.38. The number of halogens is 2. The maximum atomic E-state index is 13.8. The molecular weight excluding hydrogens is 222 g/mol. The van der Waals surface area contributed by atoms with Crippen LogP contribution in [0.3, 0.4) is 0 Å². The number of allylic oxidation sites excluding steroid dienone is 3. The van der Waals surface area contributed by atoms with Crippen molar-refractivity contribution in [2.45, 2.75) is 20.8 Å². The second-order valence-corrected chi connectivity index (χ2v) is 3.80. The third-order valence-electron chi connectivity index (χ3n) is 2.60. The minimum absolute atomic E-state index is 0.0656. The second kappa shape index (κ2) is 5.04. The number of benzene rings is 1. The Labute approximate surface area is 99.5 Å². The molecule has 0 saturated carbocycles. The molecule has 0 amide bonds. The third-order valence-corrected chi connectivity index (χ3v) is 2.60. The number of ketones is 1. The minimum Gasteiger partial charge on any atom is -0.295 e. The van der Waals surface area contributed by atoms with Gasteiger partial charge in [0, 0.05) is 11.1 Å². The molecule has 0 atom stereocenters. The van der Waals surface area contributed by atoms with Crippen molar-refractivity contribution >= 4 is 11.4 Å². The van der Waals surface area contributed by atoms with Crippen molar-refractivity contribution in [1.29, 1.82) is 0 Å². The molecule has 0 fully saturated rings. The van der Waals surface area contributed by atoms with Gasteiger partial charge in [-0.3, -0.25) is 4.79 Å². The predicted octanol–water partition coefficient (Wildman–Crippen LogP) is 3.82. The SMILES string of the molecule is C=C(C(C)=O)C(=CC)c1ccc(C)c(F)c1F. The van der Waals surface area contributed by atoms with Gasteiger partial charge in [0.25, 0.3) is 0 Å². The number of hydrogen-bond acceptors (Lipinski definition) is 1. The molecule has 0 aliphatic carbocycles. The highest BCUT2D eigenvalue weighted by Gasteiger charge is 2.17. The molecule has 0 radical (unpaired) electrons. The fourth-order valence-corrected chi connectivity index (χ4v) is 1.54. The predicted molar refractivity (Wildman–Crippen MR) is 64.6 cm³/mol. The van der Waals surface area contributed by atoms with E-state index in [0.29, 0.717) is 5.57 Å². The van der Waals surface area contributed by atoms with Gasteiger partial charge in [0.2, 0.25) is 0 Å². The highest BCUT2D eigenvalue weighted by molar-refractivity contribution is 6.08. The summed E-state index contributed by atoms with van der Waals surface area (Å²) in [6.45, 7) is 8.07. The van der Waals surface area contributed by atoms with E-state index in [-0.39, 0.29) is 22.5 Å². The van der Waals surface area contributed by atoms with Crippen LogP contribution in [0.4, 0.5) is 8.78 Å². The van der Waals surface area contributed by atoms with E-state index in [2.05, 4.69) is 6.58 Å². The Kier molecular flexibility index (Phi) is 3.94. The maximum absolute atomic E-state index is 13.8. The maximum Gasteiger partial charge on any atom is 0.166 e. The summed E-state index contributed by atoms with van der Waals surface area (Å²) in [5.74, 6) is -2.10. The monoisotopic (exact) mass is 236 g/mol. The fraction of sp³-hybridized carbons (Fsp3) is 0.214. The second-order valence-electron chi connectivity index (χ2n) is 3.80. The van der Waals surface area contributed by atoms with Gasteiger partial charge < -0.3 is 0 Å². The zero-order chi connectivity index (χ0) is 13.2. The molecule has 1 nitrogen and oxygen atoms in total. The smallest absolute Gasteiger partial charge is 0.166 e. The number of aryl methyl sites for hydroxylation is 1. The first-order chi connectivity index (χ1) is 7.90. The summed E-state index contributed by atoms with van der Waals surface area (Å²) < 4.78 is 27.2. The zero-order valence-electron chi connectivity index (χ0n) is 10.1. The van der Waals surface area contributed by atoms with Gasteiger partial charge in [-0.2, -0.15) is 0 Å². The average Bonchev–Trinajstić information content (AvgIpc) is 2.29. The summed E-state index contributed by atoms with van der Waals surface area (Å²) >= 11 is 0. The Hall–Kier alpha value is -1.77. The van der Waals surface area contributed by atoms with Crippen LogP contribution in [0.1, 0.15) is 25.0 Å². The number of Topliss-reactive ketones (excluding diaryl/α,β-unsaturated/α-hetero) is 1. The van der Waals surface area contributed by atoms with Crippen molar-refractivity contribution in [2.24, 2.45) is 0 Å².